The number of hydrogen-bond donors (Lipinski definition) is 2. The molecule has 0 spiro atoms. The Bertz CT molecular complexity index is 932. The normalized spacial score (nSPS) is 13.7. The van der Waals surface area contributed by atoms with Crippen molar-refractivity contribution < 1.29 is 27.8 Å². The van der Waals surface area contributed by atoms with E-state index in [0.29, 0.717) is 24.7 Å². The van der Waals surface area contributed by atoms with Crippen LogP contribution in [0.5, 0.6) is 11.5 Å². The van der Waals surface area contributed by atoms with Gasteiger partial charge in [-0.1, -0.05) is 31.5 Å². The molecule has 1 aliphatic heterocycles. The quantitative estimate of drug-likeness (QED) is 0.765. The number of halogens is 3. The smallest absolute Gasteiger partial charge is 0.257 e. The lowest BCUT2D eigenvalue weighted by Crippen LogP contribution is -2.47. The average Bonchev–Trinajstić information content (AvgIpc) is 2.66. The monoisotopic (exact) mass is 424 g/mol. The van der Waals surface area contributed by atoms with Crippen molar-refractivity contribution in [3.05, 3.63) is 52.6 Å². The fraction of sp³-hybridized carbons (Fsp3) is 0.300. The van der Waals surface area contributed by atoms with Crippen LogP contribution in [0.2, 0.25) is 5.02 Å². The Labute approximate surface area is 171 Å². The molecule has 154 valence electrons. The summed E-state index contributed by atoms with van der Waals surface area (Å²) in [6.07, 6.45) is 0. The standard InChI is InChI=1S/C20H19ClF2N2O4/c1-10(2)18(25-19(26)17-12(22)4-3-5-13(17)23)20(27)24-14-9-16-15(8-11(14)21)28-6-7-29-16/h3-5,8-10,18H,6-7H2,1-2H3,(H,24,27)(H,25,26). The first kappa shape index (κ1) is 20.9. The van der Waals surface area contributed by atoms with Crippen LogP contribution in [-0.4, -0.2) is 31.1 Å². The number of carbonyl (C=O) groups is 2. The fourth-order valence-corrected chi connectivity index (χ4v) is 3.03. The van der Waals surface area contributed by atoms with Crippen molar-refractivity contribution in [1.29, 1.82) is 0 Å². The van der Waals surface area contributed by atoms with Crippen molar-refractivity contribution in [3.8, 4) is 11.5 Å². The third-order valence-corrected chi connectivity index (χ3v) is 4.63. The molecule has 3 rings (SSSR count). The molecule has 1 aliphatic rings. The summed E-state index contributed by atoms with van der Waals surface area (Å²) in [6, 6.07) is 5.06. The van der Waals surface area contributed by atoms with Crippen LogP contribution in [-0.2, 0) is 4.79 Å². The molecule has 0 saturated heterocycles. The average molecular weight is 425 g/mol. The molecule has 29 heavy (non-hydrogen) atoms. The third-order valence-electron chi connectivity index (χ3n) is 4.32. The van der Waals surface area contributed by atoms with Gasteiger partial charge in [-0.3, -0.25) is 9.59 Å². The van der Waals surface area contributed by atoms with Crippen LogP contribution >= 0.6 is 11.6 Å². The van der Waals surface area contributed by atoms with E-state index in [4.69, 9.17) is 21.1 Å². The van der Waals surface area contributed by atoms with E-state index in [1.165, 1.54) is 12.1 Å². The number of rotatable bonds is 5. The van der Waals surface area contributed by atoms with Gasteiger partial charge >= 0.3 is 0 Å². The van der Waals surface area contributed by atoms with Crippen molar-refractivity contribution in [2.75, 3.05) is 18.5 Å². The molecule has 1 atom stereocenters. The Morgan fingerprint density at radius 1 is 1.07 bits per heavy atom. The van der Waals surface area contributed by atoms with Crippen LogP contribution in [0.15, 0.2) is 30.3 Å². The Kier molecular flexibility index (Phi) is 6.22. The summed E-state index contributed by atoms with van der Waals surface area (Å²) in [5.74, 6) is -3.13. The number of benzene rings is 2. The summed E-state index contributed by atoms with van der Waals surface area (Å²) in [5.41, 5.74) is -0.485. The molecule has 2 aromatic carbocycles. The van der Waals surface area contributed by atoms with E-state index in [2.05, 4.69) is 10.6 Å². The summed E-state index contributed by atoms with van der Waals surface area (Å²) < 4.78 is 38.6. The summed E-state index contributed by atoms with van der Waals surface area (Å²) in [6.45, 7) is 4.13. The van der Waals surface area contributed by atoms with Crippen molar-refractivity contribution in [2.45, 2.75) is 19.9 Å². The number of ether oxygens (including phenoxy) is 2. The maximum absolute atomic E-state index is 13.9. The molecule has 1 heterocycles. The molecule has 0 saturated carbocycles. The number of hydrogen-bond acceptors (Lipinski definition) is 4. The minimum Gasteiger partial charge on any atom is -0.486 e. The SMILES string of the molecule is CC(C)C(NC(=O)c1c(F)cccc1F)C(=O)Nc1cc2c(cc1Cl)OCCO2. The van der Waals surface area contributed by atoms with Crippen LogP contribution in [0.1, 0.15) is 24.2 Å². The lowest BCUT2D eigenvalue weighted by atomic mass is 10.0. The van der Waals surface area contributed by atoms with Gasteiger partial charge in [0.05, 0.1) is 10.7 Å². The van der Waals surface area contributed by atoms with Crippen LogP contribution in [0, 0.1) is 17.6 Å². The van der Waals surface area contributed by atoms with Crippen molar-refractivity contribution >= 4 is 29.1 Å². The van der Waals surface area contributed by atoms with Crippen molar-refractivity contribution in [3.63, 3.8) is 0 Å². The first-order valence-corrected chi connectivity index (χ1v) is 9.30. The molecule has 9 heteroatoms. The fourth-order valence-electron chi connectivity index (χ4n) is 2.83. The number of anilines is 1. The highest BCUT2D eigenvalue weighted by Gasteiger charge is 2.28. The predicted molar refractivity (Wildman–Crippen MR) is 104 cm³/mol. The molecule has 0 aromatic heterocycles. The van der Waals surface area contributed by atoms with Gasteiger partial charge in [0, 0.05) is 12.1 Å². The lowest BCUT2D eigenvalue weighted by molar-refractivity contribution is -0.118. The van der Waals surface area contributed by atoms with Gasteiger partial charge in [-0.25, -0.2) is 8.78 Å². The first-order valence-electron chi connectivity index (χ1n) is 8.92. The Morgan fingerprint density at radius 2 is 1.66 bits per heavy atom. The Morgan fingerprint density at radius 3 is 2.24 bits per heavy atom. The van der Waals surface area contributed by atoms with Gasteiger partial charge in [0.25, 0.3) is 5.91 Å². The van der Waals surface area contributed by atoms with Crippen LogP contribution in [0.25, 0.3) is 0 Å². The van der Waals surface area contributed by atoms with E-state index < -0.39 is 35.1 Å². The molecule has 2 N–H and O–H groups in total. The summed E-state index contributed by atoms with van der Waals surface area (Å²) in [5, 5.41) is 5.22. The first-order chi connectivity index (χ1) is 13.8. The second-order valence-corrected chi connectivity index (χ2v) is 7.16. The third kappa shape index (κ3) is 4.59. The molecule has 0 radical (unpaired) electrons. The Balaban J connectivity index is 1.79. The lowest BCUT2D eigenvalue weighted by Gasteiger charge is -2.23. The number of amides is 2. The second-order valence-electron chi connectivity index (χ2n) is 6.76. The van der Waals surface area contributed by atoms with Gasteiger partial charge in [-0.05, 0) is 18.1 Å². The largest absolute Gasteiger partial charge is 0.486 e. The molecule has 0 fully saturated rings. The zero-order chi connectivity index (χ0) is 21.1. The van der Waals surface area contributed by atoms with E-state index in [1.807, 2.05) is 0 Å². The van der Waals surface area contributed by atoms with Gasteiger partial charge in [0.2, 0.25) is 5.91 Å². The van der Waals surface area contributed by atoms with E-state index in [9.17, 15) is 18.4 Å². The Hall–Kier alpha value is -2.87. The summed E-state index contributed by atoms with van der Waals surface area (Å²) in [7, 11) is 0. The molecule has 2 amide bonds. The highest BCUT2D eigenvalue weighted by molar-refractivity contribution is 6.34. The van der Waals surface area contributed by atoms with E-state index >= 15 is 0 Å². The maximum atomic E-state index is 13.9. The topological polar surface area (TPSA) is 76.7 Å². The zero-order valence-electron chi connectivity index (χ0n) is 15.7. The van der Waals surface area contributed by atoms with Gasteiger partial charge in [0.15, 0.2) is 11.5 Å². The summed E-state index contributed by atoms with van der Waals surface area (Å²) in [4.78, 5) is 25.1. The van der Waals surface area contributed by atoms with Crippen LogP contribution < -0.4 is 20.1 Å². The van der Waals surface area contributed by atoms with Gasteiger partial charge < -0.3 is 20.1 Å². The molecular formula is C20H19ClF2N2O4. The zero-order valence-corrected chi connectivity index (χ0v) is 16.5. The van der Waals surface area contributed by atoms with Gasteiger partial charge in [-0.15, -0.1) is 0 Å². The minimum atomic E-state index is -1.06. The highest BCUT2D eigenvalue weighted by atomic mass is 35.5. The molecule has 6 nitrogen and oxygen atoms in total. The molecule has 2 aromatic rings. The predicted octanol–water partition coefficient (Wildman–Crippen LogP) is 3.78. The van der Waals surface area contributed by atoms with E-state index in [1.54, 1.807) is 13.8 Å². The van der Waals surface area contributed by atoms with Crippen molar-refractivity contribution in [2.24, 2.45) is 5.92 Å². The second kappa shape index (κ2) is 8.65. The van der Waals surface area contributed by atoms with Crippen molar-refractivity contribution in [1.82, 2.24) is 5.32 Å². The van der Waals surface area contributed by atoms with E-state index in [-0.39, 0.29) is 16.6 Å². The van der Waals surface area contributed by atoms with E-state index in [0.717, 1.165) is 18.2 Å². The number of carbonyl (C=O) groups excluding carboxylic acids is 2. The maximum Gasteiger partial charge on any atom is 0.257 e. The molecule has 1 unspecified atom stereocenters. The summed E-state index contributed by atoms with van der Waals surface area (Å²) >= 11 is 6.20. The molecule has 0 aliphatic carbocycles. The number of nitrogens with one attached hydrogen (secondary N) is 2. The van der Waals surface area contributed by atoms with Crippen LogP contribution in [0.3, 0.4) is 0 Å². The van der Waals surface area contributed by atoms with Gasteiger partial charge in [0.1, 0.15) is 36.5 Å². The number of fused-ring (bicyclic) bond motifs is 1. The molecule has 0 bridgehead atoms. The highest BCUT2D eigenvalue weighted by Crippen LogP contribution is 2.38. The van der Waals surface area contributed by atoms with Crippen LogP contribution in [0.4, 0.5) is 14.5 Å². The molecular weight excluding hydrogens is 406 g/mol. The van der Waals surface area contributed by atoms with Gasteiger partial charge in [-0.2, -0.15) is 0 Å². The minimum absolute atomic E-state index is 0.219.